The molecule has 3 N–H and O–H groups in total. The van der Waals surface area contributed by atoms with Gasteiger partial charge in [-0.05, 0) is 45.4 Å². The number of aliphatic hydroxyl groups excluding tert-OH is 1. The number of piperazine rings is 1. The number of benzene rings is 2. The van der Waals surface area contributed by atoms with Gasteiger partial charge in [0.1, 0.15) is 18.6 Å². The number of aliphatic hydroxyl groups is 1. The zero-order valence-electron chi connectivity index (χ0n) is 30.9. The highest BCUT2D eigenvalue weighted by Gasteiger charge is 2.63. The highest BCUT2D eigenvalue weighted by atomic mass is 32.2. The molecule has 4 bridgehead atoms. The molecule has 2 fully saturated rings. The quantitative estimate of drug-likeness (QED) is 0.198. The molecule has 7 aliphatic heterocycles. The zero-order valence-corrected chi connectivity index (χ0v) is 31.8. The molecule has 1 spiro atoms. The third-order valence-electron chi connectivity index (χ3n) is 12.8. The Bertz CT molecular complexity index is 2350. The maximum Gasteiger partial charge on any atom is 0.333 e. The summed E-state index contributed by atoms with van der Waals surface area (Å²) in [5.41, 5.74) is 4.09. The number of hydrogen-bond acceptors (Lipinski definition) is 14. The number of hydrogen-bond donors (Lipinski definition) is 3. The minimum Gasteiger partial charge on any atom is -0.492 e. The van der Waals surface area contributed by atoms with E-state index in [2.05, 4.69) is 10.3 Å². The molecule has 8 aliphatic rings. The number of ketones is 2. The molecular weight excluding hydrogens is 729 g/mol. The minimum atomic E-state index is -1.30. The molecule has 14 nitrogen and oxygen atoms in total. The average Bonchev–Trinajstić information content (AvgIpc) is 3.82. The van der Waals surface area contributed by atoms with Crippen molar-refractivity contribution < 1.29 is 48.0 Å². The molecule has 1 unspecified atom stereocenters. The Balaban J connectivity index is 1.23. The number of H-pyrrole nitrogens is 1. The van der Waals surface area contributed by atoms with Crippen molar-refractivity contribution in [3.63, 3.8) is 0 Å². The number of esters is 2. The van der Waals surface area contributed by atoms with E-state index >= 15 is 0 Å². The van der Waals surface area contributed by atoms with Crippen molar-refractivity contribution >= 4 is 46.2 Å². The van der Waals surface area contributed by atoms with Crippen LogP contribution in [0.15, 0.2) is 46.7 Å². The second-order valence-corrected chi connectivity index (χ2v) is 16.5. The molecule has 55 heavy (non-hydrogen) atoms. The van der Waals surface area contributed by atoms with Crippen LogP contribution in [0.4, 0.5) is 0 Å². The second-order valence-electron chi connectivity index (χ2n) is 15.3. The molecule has 11 rings (SSSR count). The van der Waals surface area contributed by atoms with Crippen molar-refractivity contribution in [3.05, 3.63) is 74.7 Å². The van der Waals surface area contributed by atoms with Gasteiger partial charge in [-0.25, -0.2) is 4.79 Å². The summed E-state index contributed by atoms with van der Waals surface area (Å²) in [5, 5.41) is 16.5. The van der Waals surface area contributed by atoms with Gasteiger partial charge in [0.15, 0.2) is 28.6 Å². The predicted molar refractivity (Wildman–Crippen MR) is 198 cm³/mol. The fourth-order valence-electron chi connectivity index (χ4n) is 10.4. The Morgan fingerprint density at radius 3 is 2.64 bits per heavy atom. The largest absolute Gasteiger partial charge is 0.492 e. The highest BCUT2D eigenvalue weighted by molar-refractivity contribution is 7.99. The van der Waals surface area contributed by atoms with Gasteiger partial charge in [0, 0.05) is 69.6 Å². The number of carbonyl (C=O) groups is 4. The van der Waals surface area contributed by atoms with Crippen LogP contribution < -0.4 is 19.5 Å². The van der Waals surface area contributed by atoms with Crippen LogP contribution in [0.5, 0.6) is 17.2 Å². The highest BCUT2D eigenvalue weighted by Crippen LogP contribution is 2.62. The monoisotopic (exact) mass is 768 g/mol. The number of nitrogens with one attached hydrogen (secondary N) is 2. The van der Waals surface area contributed by atoms with E-state index in [4.69, 9.17) is 23.7 Å². The van der Waals surface area contributed by atoms with E-state index in [1.165, 1.54) is 25.8 Å². The lowest BCUT2D eigenvalue weighted by molar-refractivity contribution is -0.181. The lowest BCUT2D eigenvalue weighted by Crippen LogP contribution is -2.73. The fraction of sp³-hybridized carbons (Fsp3) is 0.450. The summed E-state index contributed by atoms with van der Waals surface area (Å²) < 4.78 is 30.3. The molecule has 8 heterocycles. The Hall–Kier alpha value is -4.67. The Labute approximate surface area is 320 Å². The number of aromatic amines is 1. The summed E-state index contributed by atoms with van der Waals surface area (Å²) in [6.07, 6.45) is -0.343. The van der Waals surface area contributed by atoms with E-state index < -0.39 is 53.1 Å². The van der Waals surface area contributed by atoms with E-state index in [1.54, 1.807) is 6.92 Å². The zero-order chi connectivity index (χ0) is 38.2. The standard InChI is InChI=1S/C40H40N4O10S/c1-16-30(46)21-12-23-38(48)44-24-13-51-39(49)40(37-20(10-11-41-40)19-8-6-7-9-22(19)42-37)14-55-36(29(44)28(43(23)4)25(21)31(47)33(16)50-5)27-26(24)35-34(52-15-53-35)17(2)32(27)54-18(3)45/h6-9,23-24,28-29,36,38,41-42,48H,10-15H2,1-5H3/t23-,24-,28+,29?,36+,38-,40+/m0/s1. The third kappa shape index (κ3) is 4.52. The number of aromatic nitrogens is 1. The molecule has 0 saturated carbocycles. The first-order valence-electron chi connectivity index (χ1n) is 18.5. The third-order valence-corrected chi connectivity index (χ3v) is 14.2. The minimum absolute atomic E-state index is 0.00297. The summed E-state index contributed by atoms with van der Waals surface area (Å²) in [7, 11) is 3.26. The smallest absolute Gasteiger partial charge is 0.333 e. The van der Waals surface area contributed by atoms with Gasteiger partial charge < -0.3 is 33.8 Å². The molecule has 0 radical (unpaired) electrons. The van der Waals surface area contributed by atoms with Crippen LogP contribution in [0.3, 0.4) is 0 Å². The maximum absolute atomic E-state index is 14.8. The molecular formula is C40H40N4O10S. The Morgan fingerprint density at radius 2 is 1.85 bits per heavy atom. The number of nitrogens with zero attached hydrogens (tertiary/aromatic N) is 2. The van der Waals surface area contributed by atoms with Crippen molar-refractivity contribution in [3.8, 4) is 17.2 Å². The molecule has 2 saturated heterocycles. The summed E-state index contributed by atoms with van der Waals surface area (Å²) in [5.74, 6) is -0.372. The van der Waals surface area contributed by atoms with Gasteiger partial charge in [-0.3, -0.25) is 29.5 Å². The van der Waals surface area contributed by atoms with E-state index in [-0.39, 0.29) is 48.5 Å². The first-order valence-corrected chi connectivity index (χ1v) is 19.6. The van der Waals surface area contributed by atoms with Crippen LogP contribution in [0.2, 0.25) is 0 Å². The van der Waals surface area contributed by atoms with E-state index in [1.807, 2.05) is 48.0 Å². The number of para-hydroxylation sites is 1. The van der Waals surface area contributed by atoms with Crippen LogP contribution in [0, 0.1) is 6.92 Å². The van der Waals surface area contributed by atoms with Gasteiger partial charge >= 0.3 is 11.9 Å². The summed E-state index contributed by atoms with van der Waals surface area (Å²) in [4.78, 5) is 63.7. The number of allylic oxidation sites excluding steroid dienone is 2. The molecule has 15 heteroatoms. The van der Waals surface area contributed by atoms with Crippen molar-refractivity contribution in [1.29, 1.82) is 0 Å². The number of carbonyl (C=O) groups excluding carboxylic acids is 4. The van der Waals surface area contributed by atoms with Crippen LogP contribution in [0.25, 0.3) is 10.9 Å². The SMILES string of the molecule is COC1=C(C)C(=O)C2=C(C1=O)[C@@H]1C3[C@@H]4SC[C@]5(NCCc6c5[nH]c5ccccc65)C(=O)OC[C@@H](c5c6c(c(C)c(OC(C)=O)c54)OCO6)N3[C@@H](O)[C@H](C2)N1C. The van der Waals surface area contributed by atoms with Crippen LogP contribution in [-0.4, -0.2) is 108 Å². The van der Waals surface area contributed by atoms with Gasteiger partial charge in [0.25, 0.3) is 0 Å². The van der Waals surface area contributed by atoms with Crippen molar-refractivity contribution in [2.45, 2.75) is 74.8 Å². The van der Waals surface area contributed by atoms with E-state index in [9.17, 15) is 24.3 Å². The fourth-order valence-corrected chi connectivity index (χ4v) is 12.1. The molecule has 286 valence electrons. The normalized spacial score (nSPS) is 31.3. The Kier molecular flexibility index (Phi) is 7.69. The van der Waals surface area contributed by atoms with Crippen LogP contribution in [0.1, 0.15) is 59.5 Å². The number of rotatable bonds is 2. The lowest BCUT2D eigenvalue weighted by Gasteiger charge is -2.62. The maximum atomic E-state index is 14.8. The molecule has 3 aromatic rings. The molecule has 1 aliphatic carbocycles. The average molecular weight is 769 g/mol. The second kappa shape index (κ2) is 12.2. The molecule has 2 aromatic carbocycles. The van der Waals surface area contributed by atoms with Crippen LogP contribution >= 0.6 is 11.8 Å². The van der Waals surface area contributed by atoms with Crippen molar-refractivity contribution in [2.24, 2.45) is 0 Å². The number of likely N-dealkylation sites (N-methyl/N-ethyl adjacent to an activating group) is 1. The molecule has 1 aromatic heterocycles. The number of methoxy groups -OCH3 is 1. The predicted octanol–water partition coefficient (Wildman–Crippen LogP) is 3.00. The summed E-state index contributed by atoms with van der Waals surface area (Å²) in [6, 6.07) is 5.12. The first-order chi connectivity index (χ1) is 26.5. The number of ether oxygens (including phenoxy) is 5. The van der Waals surface area contributed by atoms with E-state index in [0.29, 0.717) is 58.1 Å². The molecule has 7 atom stereocenters. The summed E-state index contributed by atoms with van der Waals surface area (Å²) in [6.45, 7) is 4.97. The number of fused-ring (bicyclic) bond motifs is 10. The van der Waals surface area contributed by atoms with Gasteiger partial charge in [0.05, 0.1) is 36.2 Å². The van der Waals surface area contributed by atoms with Gasteiger partial charge in [-0.1, -0.05) is 18.2 Å². The summed E-state index contributed by atoms with van der Waals surface area (Å²) >= 11 is 1.45. The van der Waals surface area contributed by atoms with Crippen molar-refractivity contribution in [1.82, 2.24) is 20.1 Å². The molecule has 0 amide bonds. The first kappa shape index (κ1) is 34.8. The van der Waals surface area contributed by atoms with Crippen LogP contribution in [-0.2, 0) is 40.6 Å². The van der Waals surface area contributed by atoms with Gasteiger partial charge in [0.2, 0.25) is 12.6 Å². The number of Topliss-reactive ketones (excluding diaryl/α,β-unsaturated/α-hetero) is 2. The van der Waals surface area contributed by atoms with Gasteiger partial charge in [-0.15, -0.1) is 11.8 Å². The van der Waals surface area contributed by atoms with Crippen molar-refractivity contribution in [2.75, 3.05) is 39.9 Å². The van der Waals surface area contributed by atoms with E-state index in [0.717, 1.165) is 22.2 Å². The topological polar surface area (TPSA) is 169 Å². The lowest BCUT2D eigenvalue weighted by atomic mass is 9.70. The Morgan fingerprint density at radius 1 is 1.07 bits per heavy atom. The number of thioether (sulfide) groups is 1. The van der Waals surface area contributed by atoms with Gasteiger partial charge in [-0.2, -0.15) is 0 Å².